The minimum absolute atomic E-state index is 0.0432. The van der Waals surface area contributed by atoms with Gasteiger partial charge in [-0.25, -0.2) is 4.79 Å². The van der Waals surface area contributed by atoms with Crippen molar-refractivity contribution in [1.82, 2.24) is 10.6 Å². The van der Waals surface area contributed by atoms with E-state index in [9.17, 15) is 9.90 Å². The number of urea groups is 1. The summed E-state index contributed by atoms with van der Waals surface area (Å²) in [6.45, 7) is 2.03. The van der Waals surface area contributed by atoms with Crippen LogP contribution in [0.1, 0.15) is 24.3 Å². The van der Waals surface area contributed by atoms with E-state index >= 15 is 0 Å². The highest BCUT2D eigenvalue weighted by Crippen LogP contribution is 2.31. The standard InChI is InChI=1S/C16H18N2O4/c1-16(20,14-7-4-8-21-14)10-17-15(19)18-12-9-22-13-6-3-2-5-11(12)13/h2-8,12,20H,9-10H2,1H3,(H2,17,18,19)/t12-,16+/m1/s1. The van der Waals surface area contributed by atoms with E-state index in [2.05, 4.69) is 10.6 Å². The summed E-state index contributed by atoms with van der Waals surface area (Å²) in [6, 6.07) is 10.4. The van der Waals surface area contributed by atoms with Crippen molar-refractivity contribution >= 4 is 6.03 Å². The number of hydrogen-bond acceptors (Lipinski definition) is 4. The molecule has 0 unspecified atom stereocenters. The van der Waals surface area contributed by atoms with E-state index < -0.39 is 5.60 Å². The lowest BCUT2D eigenvalue weighted by molar-refractivity contribution is 0.0366. The summed E-state index contributed by atoms with van der Waals surface area (Å²) in [5.41, 5.74) is -0.305. The van der Waals surface area contributed by atoms with E-state index in [0.29, 0.717) is 12.4 Å². The van der Waals surface area contributed by atoms with Crippen molar-refractivity contribution in [3.05, 3.63) is 54.0 Å². The summed E-state index contributed by atoms with van der Waals surface area (Å²) in [5.74, 6) is 1.19. The van der Waals surface area contributed by atoms with Gasteiger partial charge in [-0.3, -0.25) is 0 Å². The molecule has 0 aliphatic carbocycles. The average molecular weight is 302 g/mol. The number of furan rings is 1. The molecule has 0 bridgehead atoms. The fourth-order valence-electron chi connectivity index (χ4n) is 2.42. The molecule has 1 aliphatic rings. The zero-order chi connectivity index (χ0) is 15.6. The Morgan fingerprint density at radius 2 is 2.18 bits per heavy atom. The van der Waals surface area contributed by atoms with Gasteiger partial charge in [0.2, 0.25) is 0 Å². The fourth-order valence-corrected chi connectivity index (χ4v) is 2.42. The summed E-state index contributed by atoms with van der Waals surface area (Å²) in [6.07, 6.45) is 1.48. The van der Waals surface area contributed by atoms with Crippen LogP contribution in [0, 0.1) is 0 Å². The normalized spacial score (nSPS) is 18.9. The van der Waals surface area contributed by atoms with Crippen LogP contribution < -0.4 is 15.4 Å². The number of hydrogen-bond donors (Lipinski definition) is 3. The molecule has 1 aliphatic heterocycles. The maximum atomic E-state index is 12.0. The van der Waals surface area contributed by atoms with Gasteiger partial charge in [-0.1, -0.05) is 18.2 Å². The first-order valence-corrected chi connectivity index (χ1v) is 7.09. The number of rotatable bonds is 4. The Morgan fingerprint density at radius 3 is 2.95 bits per heavy atom. The van der Waals surface area contributed by atoms with Gasteiger partial charge >= 0.3 is 6.03 Å². The van der Waals surface area contributed by atoms with Crippen molar-refractivity contribution in [2.24, 2.45) is 0 Å². The number of carbonyl (C=O) groups is 1. The first-order chi connectivity index (χ1) is 10.6. The van der Waals surface area contributed by atoms with Gasteiger partial charge < -0.3 is 24.9 Å². The maximum Gasteiger partial charge on any atom is 0.315 e. The van der Waals surface area contributed by atoms with Crippen LogP contribution in [0.4, 0.5) is 4.79 Å². The Morgan fingerprint density at radius 1 is 1.36 bits per heavy atom. The monoisotopic (exact) mass is 302 g/mol. The fraction of sp³-hybridized carbons (Fsp3) is 0.312. The van der Waals surface area contributed by atoms with Crippen LogP contribution in [0.25, 0.3) is 0 Å². The van der Waals surface area contributed by atoms with Gasteiger partial charge in [-0.15, -0.1) is 0 Å². The highest BCUT2D eigenvalue weighted by atomic mass is 16.5. The molecule has 22 heavy (non-hydrogen) atoms. The van der Waals surface area contributed by atoms with Gasteiger partial charge in [0.25, 0.3) is 0 Å². The Balaban J connectivity index is 1.56. The molecule has 1 aromatic heterocycles. The van der Waals surface area contributed by atoms with E-state index in [-0.39, 0.29) is 18.6 Å². The van der Waals surface area contributed by atoms with Crippen molar-refractivity contribution in [1.29, 1.82) is 0 Å². The second kappa shape index (κ2) is 5.73. The Kier molecular flexibility index (Phi) is 3.77. The summed E-state index contributed by atoms with van der Waals surface area (Å²) in [7, 11) is 0. The van der Waals surface area contributed by atoms with Gasteiger partial charge in [0.1, 0.15) is 23.7 Å². The SMILES string of the molecule is C[C@](O)(CNC(=O)N[C@@H]1COc2ccccc21)c1ccco1. The van der Waals surface area contributed by atoms with E-state index in [1.54, 1.807) is 19.1 Å². The molecule has 2 amide bonds. The maximum absolute atomic E-state index is 12.0. The average Bonchev–Trinajstić information content (AvgIpc) is 3.16. The molecule has 0 fully saturated rings. The Hall–Kier alpha value is -2.47. The molecule has 2 atom stereocenters. The van der Waals surface area contributed by atoms with Crippen LogP contribution in [0.5, 0.6) is 5.75 Å². The van der Waals surface area contributed by atoms with Crippen molar-refractivity contribution in [3.63, 3.8) is 0 Å². The first-order valence-electron chi connectivity index (χ1n) is 7.09. The number of aliphatic hydroxyl groups is 1. The third-order valence-electron chi connectivity index (χ3n) is 3.65. The van der Waals surface area contributed by atoms with Crippen LogP contribution in [-0.4, -0.2) is 24.3 Å². The number of fused-ring (bicyclic) bond motifs is 1. The third-order valence-corrected chi connectivity index (χ3v) is 3.65. The number of ether oxygens (including phenoxy) is 1. The number of benzene rings is 1. The largest absolute Gasteiger partial charge is 0.491 e. The molecule has 1 aromatic carbocycles. The van der Waals surface area contributed by atoms with Gasteiger partial charge in [-0.2, -0.15) is 0 Å². The molecule has 3 N–H and O–H groups in total. The zero-order valence-electron chi connectivity index (χ0n) is 12.2. The van der Waals surface area contributed by atoms with Crippen LogP contribution in [0.2, 0.25) is 0 Å². The van der Waals surface area contributed by atoms with Crippen LogP contribution in [0.3, 0.4) is 0 Å². The number of para-hydroxylation sites is 1. The van der Waals surface area contributed by atoms with E-state index in [1.807, 2.05) is 24.3 Å². The predicted octanol–water partition coefficient (Wildman–Crippen LogP) is 1.92. The van der Waals surface area contributed by atoms with Gasteiger partial charge in [0.15, 0.2) is 0 Å². The summed E-state index contributed by atoms with van der Waals surface area (Å²) >= 11 is 0. The van der Waals surface area contributed by atoms with Crippen LogP contribution >= 0.6 is 0 Å². The topological polar surface area (TPSA) is 83.7 Å². The van der Waals surface area contributed by atoms with E-state index in [0.717, 1.165) is 11.3 Å². The molecule has 2 heterocycles. The van der Waals surface area contributed by atoms with Crippen molar-refractivity contribution in [2.75, 3.05) is 13.2 Å². The predicted molar refractivity (Wildman–Crippen MR) is 79.5 cm³/mol. The Labute approximate surface area is 128 Å². The van der Waals surface area contributed by atoms with Crippen LogP contribution in [0.15, 0.2) is 47.1 Å². The second-order valence-corrected chi connectivity index (χ2v) is 5.48. The van der Waals surface area contributed by atoms with Crippen LogP contribution in [-0.2, 0) is 5.60 Å². The second-order valence-electron chi connectivity index (χ2n) is 5.48. The number of nitrogens with one attached hydrogen (secondary N) is 2. The molecule has 116 valence electrons. The summed E-state index contributed by atoms with van der Waals surface area (Å²) in [4.78, 5) is 12.0. The lowest BCUT2D eigenvalue weighted by Gasteiger charge is -2.22. The van der Waals surface area contributed by atoms with Crippen molar-refractivity contribution in [3.8, 4) is 5.75 Å². The molecule has 0 spiro atoms. The van der Waals surface area contributed by atoms with Crippen molar-refractivity contribution < 1.29 is 19.1 Å². The first kappa shape index (κ1) is 14.5. The minimum atomic E-state index is -1.26. The van der Waals surface area contributed by atoms with Crippen molar-refractivity contribution in [2.45, 2.75) is 18.6 Å². The number of carbonyl (C=O) groups excluding carboxylic acids is 1. The smallest absolute Gasteiger partial charge is 0.315 e. The molecule has 0 saturated carbocycles. The molecular weight excluding hydrogens is 284 g/mol. The summed E-state index contributed by atoms with van der Waals surface area (Å²) in [5, 5.41) is 15.8. The summed E-state index contributed by atoms with van der Waals surface area (Å²) < 4.78 is 10.7. The van der Waals surface area contributed by atoms with Gasteiger partial charge in [0.05, 0.1) is 18.8 Å². The molecule has 2 aromatic rings. The number of amides is 2. The molecule has 3 rings (SSSR count). The van der Waals surface area contributed by atoms with E-state index in [1.165, 1.54) is 6.26 Å². The molecule has 6 heteroatoms. The van der Waals surface area contributed by atoms with E-state index in [4.69, 9.17) is 9.15 Å². The zero-order valence-corrected chi connectivity index (χ0v) is 12.2. The van der Waals surface area contributed by atoms with Gasteiger partial charge in [-0.05, 0) is 25.1 Å². The quantitative estimate of drug-likeness (QED) is 0.805. The highest BCUT2D eigenvalue weighted by molar-refractivity contribution is 5.74. The molecule has 0 saturated heterocycles. The minimum Gasteiger partial charge on any atom is -0.491 e. The lowest BCUT2D eigenvalue weighted by atomic mass is 10.0. The Bertz CT molecular complexity index is 652. The highest BCUT2D eigenvalue weighted by Gasteiger charge is 2.29. The molecule has 0 radical (unpaired) electrons. The lowest BCUT2D eigenvalue weighted by Crippen LogP contribution is -2.44. The van der Waals surface area contributed by atoms with Gasteiger partial charge in [0, 0.05) is 5.56 Å². The third kappa shape index (κ3) is 2.92. The molecule has 6 nitrogen and oxygen atoms in total. The molecular formula is C16H18N2O4.